The Morgan fingerprint density at radius 1 is 0.698 bits per heavy atom. The van der Waals surface area contributed by atoms with Gasteiger partial charge >= 0.3 is 12.1 Å². The van der Waals surface area contributed by atoms with E-state index < -0.39 is 40.5 Å². The van der Waals surface area contributed by atoms with E-state index in [9.17, 15) is 29.6 Å². The first-order chi connectivity index (χ1) is 30.2. The summed E-state index contributed by atoms with van der Waals surface area (Å²) in [5, 5.41) is 30.7. The standard InChI is InChI=1S/C50H48N4O8.CH4/c1-61-39-29-25-37(26-30-39)50(35-14-4-2-5-15-35,36-16-6-3-7-17-36)51-31-13-12-22-45(48(56)57)52-47(55)46(32-34-23-27-38(28-24-34)54(59)60)53-49(58)62-33-44-42-20-10-8-18-40(42)41-19-9-11-21-43(41)44;/h2-11,14-21,23-30,44-46,51H,12-13,22,31-33H2,1H3,(H,52,55)(H,53,58)(H,56,57);1H4/t45-,46-;/m0./s1. The molecule has 0 heterocycles. The van der Waals surface area contributed by atoms with Crippen LogP contribution in [0.2, 0.25) is 0 Å². The highest BCUT2D eigenvalue weighted by Gasteiger charge is 2.36. The Hall–Kier alpha value is -7.31. The van der Waals surface area contributed by atoms with Gasteiger partial charge in [-0.15, -0.1) is 0 Å². The summed E-state index contributed by atoms with van der Waals surface area (Å²) >= 11 is 0. The second kappa shape index (κ2) is 21.0. The van der Waals surface area contributed by atoms with Crippen LogP contribution in [0.4, 0.5) is 10.5 Å². The first kappa shape index (κ1) is 45.2. The minimum Gasteiger partial charge on any atom is -0.497 e. The molecular weight excluding hydrogens is 797 g/mol. The quantitative estimate of drug-likeness (QED) is 0.0269. The Balaban J connectivity index is 0.00000661. The van der Waals surface area contributed by atoms with E-state index in [0.717, 1.165) is 44.7 Å². The summed E-state index contributed by atoms with van der Waals surface area (Å²) in [4.78, 5) is 50.7. The van der Waals surface area contributed by atoms with Crippen LogP contribution >= 0.6 is 0 Å². The molecule has 0 aliphatic heterocycles. The summed E-state index contributed by atoms with van der Waals surface area (Å²) in [5.74, 6) is -1.44. The van der Waals surface area contributed by atoms with Crippen molar-refractivity contribution in [2.24, 2.45) is 0 Å². The number of carboxylic acid groups (broad SMARTS) is 1. The number of hydrogen-bond donors (Lipinski definition) is 4. The van der Waals surface area contributed by atoms with Gasteiger partial charge in [0.05, 0.1) is 17.6 Å². The number of nitro benzene ring substituents is 1. The van der Waals surface area contributed by atoms with E-state index in [4.69, 9.17) is 9.47 Å². The number of ether oxygens (including phenoxy) is 2. The first-order valence-electron chi connectivity index (χ1n) is 20.6. The number of nitrogens with one attached hydrogen (secondary N) is 3. The molecule has 0 bridgehead atoms. The lowest BCUT2D eigenvalue weighted by Crippen LogP contribution is -2.52. The predicted octanol–water partition coefficient (Wildman–Crippen LogP) is 9.01. The molecule has 63 heavy (non-hydrogen) atoms. The number of nitro groups is 1. The smallest absolute Gasteiger partial charge is 0.407 e. The highest BCUT2D eigenvalue weighted by atomic mass is 16.6. The third kappa shape index (κ3) is 10.4. The van der Waals surface area contributed by atoms with E-state index in [2.05, 4.69) is 40.2 Å². The number of hydrogen-bond acceptors (Lipinski definition) is 8. The number of unbranched alkanes of at least 4 members (excludes halogenated alkanes) is 1. The number of nitrogens with zero attached hydrogens (tertiary/aromatic N) is 1. The molecule has 0 fully saturated rings. The number of benzene rings is 6. The van der Waals surface area contributed by atoms with Gasteiger partial charge in [0, 0.05) is 24.5 Å². The highest BCUT2D eigenvalue weighted by molar-refractivity contribution is 5.89. The second-order valence-electron chi connectivity index (χ2n) is 15.2. The number of methoxy groups -OCH3 is 1. The number of non-ortho nitro benzene ring substituents is 1. The van der Waals surface area contributed by atoms with E-state index in [-0.39, 0.29) is 38.5 Å². The highest BCUT2D eigenvalue weighted by Crippen LogP contribution is 2.44. The van der Waals surface area contributed by atoms with Gasteiger partial charge in [-0.3, -0.25) is 20.2 Å². The second-order valence-corrected chi connectivity index (χ2v) is 15.2. The van der Waals surface area contributed by atoms with Crippen molar-refractivity contribution in [1.29, 1.82) is 0 Å². The van der Waals surface area contributed by atoms with Gasteiger partial charge in [-0.05, 0) is 82.4 Å². The largest absolute Gasteiger partial charge is 0.497 e. The Morgan fingerprint density at radius 3 is 1.78 bits per heavy atom. The van der Waals surface area contributed by atoms with E-state index in [1.165, 1.54) is 24.3 Å². The molecule has 12 nitrogen and oxygen atoms in total. The molecule has 0 saturated heterocycles. The Morgan fingerprint density at radius 2 is 1.24 bits per heavy atom. The predicted molar refractivity (Wildman–Crippen MR) is 243 cm³/mol. The average Bonchev–Trinajstić information content (AvgIpc) is 3.63. The summed E-state index contributed by atoms with van der Waals surface area (Å²) in [5.41, 5.74) is 6.85. The van der Waals surface area contributed by atoms with Gasteiger partial charge in [0.15, 0.2) is 0 Å². The molecule has 7 rings (SSSR count). The fourth-order valence-electron chi connectivity index (χ4n) is 8.28. The average molecular weight is 849 g/mol. The maximum Gasteiger partial charge on any atom is 0.407 e. The summed E-state index contributed by atoms with van der Waals surface area (Å²) in [6, 6.07) is 47.1. The van der Waals surface area contributed by atoms with E-state index in [0.29, 0.717) is 24.9 Å². The fraction of sp³-hybridized carbons (Fsp3) is 0.235. The van der Waals surface area contributed by atoms with Gasteiger partial charge in [0.2, 0.25) is 5.91 Å². The normalized spacial score (nSPS) is 12.7. The lowest BCUT2D eigenvalue weighted by molar-refractivity contribution is -0.384. The lowest BCUT2D eigenvalue weighted by atomic mass is 9.77. The van der Waals surface area contributed by atoms with Gasteiger partial charge in [-0.2, -0.15) is 0 Å². The van der Waals surface area contributed by atoms with E-state index in [1.807, 2.05) is 109 Å². The minimum absolute atomic E-state index is 0. The number of carbonyl (C=O) groups is 3. The van der Waals surface area contributed by atoms with Crippen LogP contribution in [0.5, 0.6) is 5.75 Å². The van der Waals surface area contributed by atoms with Gasteiger partial charge in [-0.1, -0.05) is 141 Å². The molecule has 1 aliphatic rings. The number of fused-ring (bicyclic) bond motifs is 3. The zero-order valence-electron chi connectivity index (χ0n) is 34.2. The number of carbonyl (C=O) groups excluding carboxylic acids is 2. The molecule has 0 spiro atoms. The molecule has 2 amide bonds. The van der Waals surface area contributed by atoms with Crippen molar-refractivity contribution in [1.82, 2.24) is 16.0 Å². The molecule has 0 saturated carbocycles. The van der Waals surface area contributed by atoms with Crippen LogP contribution in [-0.4, -0.2) is 60.3 Å². The molecule has 324 valence electrons. The van der Waals surface area contributed by atoms with Gasteiger partial charge in [0.25, 0.3) is 5.69 Å². The number of carboxylic acids is 1. The van der Waals surface area contributed by atoms with Crippen molar-refractivity contribution in [2.45, 2.75) is 56.7 Å². The van der Waals surface area contributed by atoms with Crippen molar-refractivity contribution in [2.75, 3.05) is 20.3 Å². The molecule has 0 aromatic heterocycles. The first-order valence-corrected chi connectivity index (χ1v) is 20.6. The summed E-state index contributed by atoms with van der Waals surface area (Å²) in [6.45, 7) is 0.508. The Labute approximate surface area is 367 Å². The van der Waals surface area contributed by atoms with Crippen molar-refractivity contribution in [3.8, 4) is 16.9 Å². The van der Waals surface area contributed by atoms with Gasteiger partial charge in [0.1, 0.15) is 24.4 Å². The number of aliphatic carboxylic acids is 1. The third-order valence-corrected chi connectivity index (χ3v) is 11.4. The van der Waals surface area contributed by atoms with Crippen LogP contribution in [0.15, 0.2) is 158 Å². The topological polar surface area (TPSA) is 169 Å². The SMILES string of the molecule is C.COc1ccc(C(NCCCC[C@H](NC(=O)[C@H](Cc2ccc([N+](=O)[O-])cc2)NC(=O)OCC2c3ccccc3-c3ccccc32)C(=O)O)(c2ccccc2)c2ccccc2)cc1. The van der Waals surface area contributed by atoms with Crippen LogP contribution in [0.1, 0.15) is 66.0 Å². The number of amides is 2. The van der Waals surface area contributed by atoms with Gasteiger partial charge < -0.3 is 25.2 Å². The zero-order valence-corrected chi connectivity index (χ0v) is 34.2. The summed E-state index contributed by atoms with van der Waals surface area (Å²) in [6.07, 6.45) is 0.200. The molecule has 0 unspecified atom stereocenters. The van der Waals surface area contributed by atoms with Crippen molar-refractivity contribution in [3.63, 3.8) is 0 Å². The monoisotopic (exact) mass is 848 g/mol. The molecular formula is C51H52N4O8. The van der Waals surface area contributed by atoms with Crippen molar-refractivity contribution >= 4 is 23.7 Å². The zero-order chi connectivity index (χ0) is 43.5. The number of alkyl carbamates (subject to hydrolysis) is 1. The summed E-state index contributed by atoms with van der Waals surface area (Å²) < 4.78 is 11.2. The van der Waals surface area contributed by atoms with Crippen molar-refractivity contribution in [3.05, 3.63) is 201 Å². The van der Waals surface area contributed by atoms with E-state index >= 15 is 0 Å². The van der Waals surface area contributed by atoms with Crippen LogP contribution in [0, 0.1) is 10.1 Å². The van der Waals surface area contributed by atoms with E-state index in [1.54, 1.807) is 7.11 Å². The third-order valence-electron chi connectivity index (χ3n) is 11.4. The maximum absolute atomic E-state index is 13.9. The Kier molecular flexibility index (Phi) is 15.1. The fourth-order valence-corrected chi connectivity index (χ4v) is 8.28. The molecule has 4 N–H and O–H groups in total. The molecule has 6 aromatic carbocycles. The molecule has 6 aromatic rings. The Bertz CT molecular complexity index is 2400. The lowest BCUT2D eigenvalue weighted by Gasteiger charge is -2.37. The minimum atomic E-state index is -1.26. The van der Waals surface area contributed by atoms with Crippen LogP contribution in [0.3, 0.4) is 0 Å². The molecule has 1 aliphatic carbocycles. The molecule has 0 radical (unpaired) electrons. The molecule has 2 atom stereocenters. The summed E-state index contributed by atoms with van der Waals surface area (Å²) in [7, 11) is 1.63. The van der Waals surface area contributed by atoms with Crippen LogP contribution < -0.4 is 20.7 Å². The van der Waals surface area contributed by atoms with Crippen LogP contribution in [-0.2, 0) is 26.3 Å². The van der Waals surface area contributed by atoms with Crippen LogP contribution in [0.25, 0.3) is 11.1 Å². The number of rotatable bonds is 19. The maximum atomic E-state index is 13.9. The van der Waals surface area contributed by atoms with Gasteiger partial charge in [-0.25, -0.2) is 9.59 Å². The molecule has 12 heteroatoms. The van der Waals surface area contributed by atoms with Crippen molar-refractivity contribution < 1.29 is 33.9 Å².